The number of carbonyl (C=O) groups is 2. The number of nitrogens with two attached hydrogens (primary N) is 1. The van der Waals surface area contributed by atoms with Crippen molar-refractivity contribution >= 4 is 17.8 Å². The van der Waals surface area contributed by atoms with E-state index in [1.807, 2.05) is 0 Å². The first kappa shape index (κ1) is 17.6. The molecule has 0 amide bonds. The molecule has 0 bridgehead atoms. The minimum atomic E-state index is -1.03. The molecule has 0 aliphatic heterocycles. The van der Waals surface area contributed by atoms with Crippen molar-refractivity contribution in [2.75, 3.05) is 6.54 Å². The molecule has 1 aromatic carbocycles. The molecule has 0 saturated heterocycles. The molecule has 7 nitrogen and oxygen atoms in total. The quantitative estimate of drug-likeness (QED) is 0.305. The number of nitrogens with one attached hydrogen (secondary N) is 1. The number of carboxylic acid groups (broad SMARTS) is 1. The van der Waals surface area contributed by atoms with Gasteiger partial charge < -0.3 is 15.7 Å². The maximum Gasteiger partial charge on any atom is 0.363 e. The Labute approximate surface area is 129 Å². The summed E-state index contributed by atoms with van der Waals surface area (Å²) < 4.78 is 0. The van der Waals surface area contributed by atoms with E-state index in [2.05, 4.69) is 0 Å². The van der Waals surface area contributed by atoms with Crippen LogP contribution >= 0.6 is 0 Å². The third-order valence-electron chi connectivity index (χ3n) is 3.02. The number of rotatable bonds is 7. The third-order valence-corrected chi connectivity index (χ3v) is 3.02. The Morgan fingerprint density at radius 1 is 1.32 bits per heavy atom. The van der Waals surface area contributed by atoms with E-state index in [1.165, 1.54) is 12.0 Å². The lowest BCUT2D eigenvalue weighted by atomic mass is 10.1. The van der Waals surface area contributed by atoms with Crippen LogP contribution in [0.2, 0.25) is 0 Å². The number of aliphatic carboxylic acids is 1. The number of carboxylic acids is 1. The van der Waals surface area contributed by atoms with Crippen LogP contribution in [0.4, 0.5) is 0 Å². The van der Waals surface area contributed by atoms with Crippen molar-refractivity contribution in [3.05, 3.63) is 35.9 Å². The van der Waals surface area contributed by atoms with Crippen LogP contribution in [-0.4, -0.2) is 40.5 Å². The zero-order valence-electron chi connectivity index (χ0n) is 12.5. The van der Waals surface area contributed by atoms with Gasteiger partial charge in [0.15, 0.2) is 0 Å². The Kier molecular flexibility index (Phi) is 7.04. The Morgan fingerprint density at radius 2 is 1.95 bits per heavy atom. The van der Waals surface area contributed by atoms with Gasteiger partial charge in [0.25, 0.3) is 0 Å². The average molecular weight is 307 g/mol. The van der Waals surface area contributed by atoms with Gasteiger partial charge in [-0.15, -0.1) is 0 Å². The van der Waals surface area contributed by atoms with Gasteiger partial charge in [0, 0.05) is 0 Å². The van der Waals surface area contributed by atoms with Gasteiger partial charge in [0.1, 0.15) is 11.9 Å². The molecule has 0 fully saturated rings. The molecule has 1 atom stereocenters. The van der Waals surface area contributed by atoms with Crippen molar-refractivity contribution in [3.8, 4) is 0 Å². The average Bonchev–Trinajstić information content (AvgIpc) is 2.50. The highest BCUT2D eigenvalue weighted by Gasteiger charge is 2.15. The summed E-state index contributed by atoms with van der Waals surface area (Å²) in [4.78, 5) is 27.7. The lowest BCUT2D eigenvalue weighted by molar-refractivity contribution is -0.138. The van der Waals surface area contributed by atoms with Crippen LogP contribution in [0.1, 0.15) is 36.5 Å². The second kappa shape index (κ2) is 8.78. The summed E-state index contributed by atoms with van der Waals surface area (Å²) in [6.45, 7) is 1.83. The number of benzene rings is 1. The summed E-state index contributed by atoms with van der Waals surface area (Å²) in [7, 11) is 0. The van der Waals surface area contributed by atoms with Crippen LogP contribution in [0.5, 0.6) is 0 Å². The Bertz CT molecular complexity index is 519. The van der Waals surface area contributed by atoms with Gasteiger partial charge in [-0.05, 0) is 38.3 Å². The van der Waals surface area contributed by atoms with Crippen LogP contribution in [0, 0.1) is 5.41 Å². The molecule has 4 N–H and O–H groups in total. The number of hydrogen-bond donors (Lipinski definition) is 3. The maximum absolute atomic E-state index is 11.9. The van der Waals surface area contributed by atoms with Crippen molar-refractivity contribution in [3.63, 3.8) is 0 Å². The Morgan fingerprint density at radius 3 is 2.50 bits per heavy atom. The van der Waals surface area contributed by atoms with Gasteiger partial charge in [-0.3, -0.25) is 10.2 Å². The zero-order valence-corrected chi connectivity index (χ0v) is 12.5. The first-order valence-electron chi connectivity index (χ1n) is 7.00. The summed E-state index contributed by atoms with van der Waals surface area (Å²) in [6.07, 6.45) is 1.48. The predicted octanol–water partition coefficient (Wildman–Crippen LogP) is 1.64. The highest BCUT2D eigenvalue weighted by molar-refractivity contribution is 5.90. The molecular formula is C15H21N3O4. The van der Waals surface area contributed by atoms with Gasteiger partial charge in [0.2, 0.25) is 0 Å². The number of hydroxylamine groups is 2. The van der Waals surface area contributed by atoms with Gasteiger partial charge in [0.05, 0.1) is 12.1 Å². The maximum atomic E-state index is 11.9. The number of hydrogen-bond acceptors (Lipinski definition) is 5. The van der Waals surface area contributed by atoms with E-state index in [0.717, 1.165) is 0 Å². The fourth-order valence-electron chi connectivity index (χ4n) is 1.75. The molecule has 0 spiro atoms. The summed E-state index contributed by atoms with van der Waals surface area (Å²) >= 11 is 0. The van der Waals surface area contributed by atoms with Crippen molar-refractivity contribution in [1.82, 2.24) is 5.06 Å². The van der Waals surface area contributed by atoms with Crippen molar-refractivity contribution in [1.29, 1.82) is 5.41 Å². The standard InChI is InChI=1S/C15H21N3O4/c1-11(16)18(10-6-5-9-13(17)14(19)20)22-15(21)12-7-3-2-4-8-12/h2-4,7-8,13,16H,5-6,9-10,17H2,1H3,(H,19,20)/t13-/m0/s1. The molecular weight excluding hydrogens is 286 g/mol. The normalized spacial score (nSPS) is 11.5. The molecule has 0 radical (unpaired) electrons. The molecule has 120 valence electrons. The first-order chi connectivity index (χ1) is 10.4. The van der Waals surface area contributed by atoms with Crippen molar-refractivity contribution < 1.29 is 19.5 Å². The third kappa shape index (κ3) is 5.92. The molecule has 0 saturated carbocycles. The van der Waals surface area contributed by atoms with E-state index < -0.39 is 18.0 Å². The Hall–Kier alpha value is -2.41. The molecule has 0 aliphatic rings. The molecule has 7 heteroatoms. The SMILES string of the molecule is CC(=N)N(CCCC[C@H](N)C(=O)O)OC(=O)c1ccccc1. The van der Waals surface area contributed by atoms with Gasteiger partial charge in [-0.25, -0.2) is 4.79 Å². The molecule has 0 aliphatic carbocycles. The van der Waals surface area contributed by atoms with E-state index in [-0.39, 0.29) is 5.84 Å². The topological polar surface area (TPSA) is 117 Å². The van der Waals surface area contributed by atoms with Gasteiger partial charge >= 0.3 is 11.9 Å². The highest BCUT2D eigenvalue weighted by Crippen LogP contribution is 2.07. The summed E-state index contributed by atoms with van der Waals surface area (Å²) in [5.41, 5.74) is 5.81. The van der Waals surface area contributed by atoms with Crippen LogP contribution < -0.4 is 5.73 Å². The number of carbonyl (C=O) groups excluding carboxylic acids is 1. The second-order valence-corrected chi connectivity index (χ2v) is 4.87. The second-order valence-electron chi connectivity index (χ2n) is 4.87. The number of unbranched alkanes of at least 4 members (excludes halogenated alkanes) is 1. The van der Waals surface area contributed by atoms with Gasteiger partial charge in [-0.2, -0.15) is 5.06 Å². The fourth-order valence-corrected chi connectivity index (χ4v) is 1.75. The summed E-state index contributed by atoms with van der Waals surface area (Å²) in [5, 5.41) is 17.5. The number of amidine groups is 1. The first-order valence-corrected chi connectivity index (χ1v) is 7.00. The molecule has 0 unspecified atom stereocenters. The van der Waals surface area contributed by atoms with Crippen molar-refractivity contribution in [2.45, 2.75) is 32.2 Å². The number of nitrogens with zero attached hydrogens (tertiary/aromatic N) is 1. The predicted molar refractivity (Wildman–Crippen MR) is 81.4 cm³/mol. The van der Waals surface area contributed by atoms with E-state index >= 15 is 0 Å². The van der Waals surface area contributed by atoms with E-state index in [4.69, 9.17) is 21.1 Å². The van der Waals surface area contributed by atoms with Crippen LogP contribution in [0.3, 0.4) is 0 Å². The lowest BCUT2D eigenvalue weighted by Gasteiger charge is -2.21. The summed E-state index contributed by atoms with van der Waals surface area (Å²) in [5.74, 6) is -1.46. The van der Waals surface area contributed by atoms with E-state index in [9.17, 15) is 9.59 Å². The Balaban J connectivity index is 2.44. The highest BCUT2D eigenvalue weighted by atomic mass is 16.7. The molecule has 0 heterocycles. The van der Waals surface area contributed by atoms with Crippen LogP contribution in [0.25, 0.3) is 0 Å². The smallest absolute Gasteiger partial charge is 0.363 e. The lowest BCUT2D eigenvalue weighted by Crippen LogP contribution is -2.33. The molecule has 1 rings (SSSR count). The molecule has 1 aromatic rings. The minimum Gasteiger partial charge on any atom is -0.480 e. The molecule has 22 heavy (non-hydrogen) atoms. The van der Waals surface area contributed by atoms with Crippen LogP contribution in [-0.2, 0) is 9.63 Å². The monoisotopic (exact) mass is 307 g/mol. The fraction of sp³-hybridized carbons (Fsp3) is 0.400. The summed E-state index contributed by atoms with van der Waals surface area (Å²) in [6, 6.07) is 7.62. The van der Waals surface area contributed by atoms with Crippen molar-refractivity contribution in [2.24, 2.45) is 5.73 Å². The molecule has 0 aromatic heterocycles. The zero-order chi connectivity index (χ0) is 16.5. The minimum absolute atomic E-state index is 0.104. The van der Waals surface area contributed by atoms with Crippen LogP contribution in [0.15, 0.2) is 30.3 Å². The van der Waals surface area contributed by atoms with E-state index in [0.29, 0.717) is 31.4 Å². The largest absolute Gasteiger partial charge is 0.480 e. The van der Waals surface area contributed by atoms with E-state index in [1.54, 1.807) is 30.3 Å². The van der Waals surface area contributed by atoms with Gasteiger partial charge in [-0.1, -0.05) is 18.2 Å².